The van der Waals surface area contributed by atoms with Crippen LogP contribution in [0.1, 0.15) is 29.9 Å². The molecule has 7 heteroatoms. The summed E-state index contributed by atoms with van der Waals surface area (Å²) >= 11 is 1.19. The quantitative estimate of drug-likeness (QED) is 0.364. The summed E-state index contributed by atoms with van der Waals surface area (Å²) in [5, 5.41) is 5.61. The summed E-state index contributed by atoms with van der Waals surface area (Å²) in [6.07, 6.45) is 0. The van der Waals surface area contributed by atoms with Crippen LogP contribution >= 0.6 is 11.8 Å². The molecule has 0 saturated carbocycles. The van der Waals surface area contributed by atoms with E-state index in [0.29, 0.717) is 5.16 Å². The molecule has 1 amide bonds. The van der Waals surface area contributed by atoms with Crippen LogP contribution < -0.4 is 5.32 Å². The van der Waals surface area contributed by atoms with Crippen LogP contribution in [0.15, 0.2) is 53.7 Å². The second kappa shape index (κ2) is 9.52. The fourth-order valence-corrected chi connectivity index (χ4v) is 3.81. The molecule has 1 heterocycles. The predicted molar refractivity (Wildman–Crippen MR) is 114 cm³/mol. The zero-order valence-corrected chi connectivity index (χ0v) is 17.5. The van der Waals surface area contributed by atoms with Crippen molar-refractivity contribution in [3.8, 4) is 0 Å². The highest BCUT2D eigenvalue weighted by Gasteiger charge is 2.14. The lowest BCUT2D eigenvalue weighted by Gasteiger charge is -2.16. The van der Waals surface area contributed by atoms with E-state index in [1.165, 1.54) is 11.8 Å². The number of aryl methyl sites for hydroxylation is 2. The number of hydrogen-bond donors (Lipinski definition) is 1. The largest absolute Gasteiger partial charge is 0.455 e. The first kappa shape index (κ1) is 20.8. The minimum absolute atomic E-state index is 0.0506. The molecule has 0 bridgehead atoms. The number of aromatic nitrogens is 2. The number of benzene rings is 2. The van der Waals surface area contributed by atoms with E-state index in [4.69, 9.17) is 4.74 Å². The molecule has 0 spiro atoms. The molecule has 2 aromatic carbocycles. The molecule has 150 valence electrons. The van der Waals surface area contributed by atoms with Crippen LogP contribution in [0, 0.1) is 13.8 Å². The summed E-state index contributed by atoms with van der Waals surface area (Å²) in [5.74, 6) is -0.771. The second-order valence-corrected chi connectivity index (χ2v) is 7.68. The van der Waals surface area contributed by atoms with Crippen molar-refractivity contribution in [2.45, 2.75) is 32.0 Å². The molecular formula is C22H23N3O3S. The highest BCUT2D eigenvalue weighted by molar-refractivity contribution is 7.99. The van der Waals surface area contributed by atoms with Gasteiger partial charge in [0.05, 0.1) is 11.8 Å². The van der Waals surface area contributed by atoms with E-state index < -0.39 is 5.97 Å². The number of amides is 1. The number of fused-ring (bicyclic) bond motifs is 1. The lowest BCUT2D eigenvalue weighted by atomic mass is 10.00. The molecule has 3 aromatic rings. The molecule has 0 aliphatic heterocycles. The minimum Gasteiger partial charge on any atom is -0.455 e. The standard InChI is InChI=1S/C22H23N3O3S/c1-14-11-15(2)24-22(23-14)29-13-21(27)28-12-20(26)25-16(3)18-10-6-8-17-7-4-5-9-19(17)18/h4-11,16H,12-13H2,1-3H3,(H,25,26)/t16-/m1/s1. The van der Waals surface area contributed by atoms with Crippen molar-refractivity contribution in [2.24, 2.45) is 0 Å². The van der Waals surface area contributed by atoms with E-state index in [2.05, 4.69) is 15.3 Å². The first-order valence-electron chi connectivity index (χ1n) is 9.30. The van der Waals surface area contributed by atoms with E-state index >= 15 is 0 Å². The lowest BCUT2D eigenvalue weighted by molar-refractivity contribution is -0.146. The van der Waals surface area contributed by atoms with Crippen molar-refractivity contribution in [3.05, 3.63) is 65.5 Å². The number of ether oxygens (including phenoxy) is 1. The van der Waals surface area contributed by atoms with Gasteiger partial charge in [-0.3, -0.25) is 9.59 Å². The molecular weight excluding hydrogens is 386 g/mol. The summed E-state index contributed by atoms with van der Waals surface area (Å²) < 4.78 is 5.08. The Labute approximate surface area is 174 Å². The Balaban J connectivity index is 1.49. The van der Waals surface area contributed by atoms with Gasteiger partial charge in [0.1, 0.15) is 0 Å². The van der Waals surface area contributed by atoms with Crippen LogP contribution in [0.25, 0.3) is 10.8 Å². The summed E-state index contributed by atoms with van der Waals surface area (Å²) in [5.41, 5.74) is 2.70. The first-order valence-corrected chi connectivity index (χ1v) is 10.3. The van der Waals surface area contributed by atoms with Gasteiger partial charge in [0, 0.05) is 11.4 Å². The zero-order chi connectivity index (χ0) is 20.8. The molecule has 1 aromatic heterocycles. The van der Waals surface area contributed by atoms with Crippen molar-refractivity contribution in [2.75, 3.05) is 12.4 Å². The van der Waals surface area contributed by atoms with Gasteiger partial charge in [-0.1, -0.05) is 54.2 Å². The normalized spacial score (nSPS) is 11.8. The Hall–Kier alpha value is -2.93. The highest BCUT2D eigenvalue weighted by Crippen LogP contribution is 2.24. The van der Waals surface area contributed by atoms with E-state index in [-0.39, 0.29) is 24.3 Å². The molecule has 29 heavy (non-hydrogen) atoms. The number of esters is 1. The molecule has 6 nitrogen and oxygen atoms in total. The van der Waals surface area contributed by atoms with Gasteiger partial charge in [0.15, 0.2) is 11.8 Å². The highest BCUT2D eigenvalue weighted by atomic mass is 32.2. The average Bonchev–Trinajstić information content (AvgIpc) is 2.69. The number of rotatable bonds is 7. The smallest absolute Gasteiger partial charge is 0.316 e. The topological polar surface area (TPSA) is 81.2 Å². The van der Waals surface area contributed by atoms with Crippen LogP contribution in [-0.4, -0.2) is 34.2 Å². The fraction of sp³-hybridized carbons (Fsp3) is 0.273. The Kier molecular flexibility index (Phi) is 6.82. The summed E-state index contributed by atoms with van der Waals surface area (Å²) in [7, 11) is 0. The maximum atomic E-state index is 12.2. The van der Waals surface area contributed by atoms with Crippen molar-refractivity contribution in [1.29, 1.82) is 0 Å². The van der Waals surface area contributed by atoms with Gasteiger partial charge in [-0.25, -0.2) is 9.97 Å². The van der Waals surface area contributed by atoms with Gasteiger partial charge in [-0.2, -0.15) is 0 Å². The Morgan fingerprint density at radius 3 is 2.52 bits per heavy atom. The van der Waals surface area contributed by atoms with Crippen LogP contribution in [-0.2, 0) is 14.3 Å². The molecule has 1 N–H and O–H groups in total. The zero-order valence-electron chi connectivity index (χ0n) is 16.6. The lowest BCUT2D eigenvalue weighted by Crippen LogP contribution is -2.31. The van der Waals surface area contributed by atoms with Gasteiger partial charge in [0.2, 0.25) is 0 Å². The van der Waals surface area contributed by atoms with Gasteiger partial charge in [0.25, 0.3) is 5.91 Å². The fourth-order valence-electron chi connectivity index (χ4n) is 3.06. The molecule has 0 saturated heterocycles. The van der Waals surface area contributed by atoms with Gasteiger partial charge >= 0.3 is 5.97 Å². The molecule has 0 aliphatic carbocycles. The van der Waals surface area contributed by atoms with E-state index in [9.17, 15) is 9.59 Å². The van der Waals surface area contributed by atoms with Crippen LogP contribution in [0.3, 0.4) is 0 Å². The monoisotopic (exact) mass is 409 g/mol. The van der Waals surface area contributed by atoms with Crippen molar-refractivity contribution < 1.29 is 14.3 Å². The molecule has 0 fully saturated rings. The third-order valence-electron chi connectivity index (χ3n) is 4.31. The molecule has 0 unspecified atom stereocenters. The summed E-state index contributed by atoms with van der Waals surface area (Å²) in [4.78, 5) is 32.7. The summed E-state index contributed by atoms with van der Waals surface area (Å²) in [6, 6.07) is 15.7. The van der Waals surface area contributed by atoms with E-state index in [1.807, 2.05) is 69.3 Å². The van der Waals surface area contributed by atoms with Gasteiger partial charge in [-0.05, 0) is 43.2 Å². The SMILES string of the molecule is Cc1cc(C)nc(SCC(=O)OCC(=O)N[C@H](C)c2cccc3ccccc23)n1. The Morgan fingerprint density at radius 2 is 1.76 bits per heavy atom. The predicted octanol–water partition coefficient (Wildman–Crippen LogP) is 3.76. The van der Waals surface area contributed by atoms with Crippen molar-refractivity contribution in [3.63, 3.8) is 0 Å². The first-order chi connectivity index (χ1) is 13.9. The number of carbonyl (C=O) groups excluding carboxylic acids is 2. The third-order valence-corrected chi connectivity index (χ3v) is 5.13. The molecule has 1 atom stereocenters. The maximum Gasteiger partial charge on any atom is 0.316 e. The second-order valence-electron chi connectivity index (χ2n) is 6.74. The van der Waals surface area contributed by atoms with Crippen LogP contribution in [0.2, 0.25) is 0 Å². The van der Waals surface area contributed by atoms with E-state index in [0.717, 1.165) is 27.7 Å². The number of thioether (sulfide) groups is 1. The van der Waals surface area contributed by atoms with Crippen molar-refractivity contribution in [1.82, 2.24) is 15.3 Å². The number of carbonyl (C=O) groups is 2. The number of nitrogens with zero attached hydrogens (tertiary/aromatic N) is 2. The minimum atomic E-state index is -0.481. The van der Waals surface area contributed by atoms with E-state index in [1.54, 1.807) is 0 Å². The van der Waals surface area contributed by atoms with Crippen LogP contribution in [0.5, 0.6) is 0 Å². The number of hydrogen-bond acceptors (Lipinski definition) is 6. The molecule has 3 rings (SSSR count). The van der Waals surface area contributed by atoms with Gasteiger partial charge < -0.3 is 10.1 Å². The van der Waals surface area contributed by atoms with Crippen molar-refractivity contribution >= 4 is 34.4 Å². The third kappa shape index (κ3) is 5.77. The Bertz CT molecular complexity index is 1010. The maximum absolute atomic E-state index is 12.2. The molecule has 0 radical (unpaired) electrons. The number of nitrogens with one attached hydrogen (secondary N) is 1. The van der Waals surface area contributed by atoms with Gasteiger partial charge in [-0.15, -0.1) is 0 Å². The van der Waals surface area contributed by atoms with Crippen LogP contribution in [0.4, 0.5) is 0 Å². The molecule has 0 aliphatic rings. The Morgan fingerprint density at radius 1 is 1.07 bits per heavy atom. The summed E-state index contributed by atoms with van der Waals surface area (Å²) in [6.45, 7) is 5.34. The average molecular weight is 410 g/mol.